The number of methoxy groups -OCH3 is 2. The summed E-state index contributed by atoms with van der Waals surface area (Å²) >= 11 is 1.37. The van der Waals surface area contributed by atoms with Gasteiger partial charge in [0, 0.05) is 29.6 Å². The third-order valence-corrected chi connectivity index (χ3v) is 6.88. The molecule has 41 heavy (non-hydrogen) atoms. The molecular formula is C28H24FN5O6S. The quantitative estimate of drug-likeness (QED) is 0.234. The summed E-state index contributed by atoms with van der Waals surface area (Å²) < 4.78 is 36.4. The molecule has 5 rings (SSSR count). The van der Waals surface area contributed by atoms with Crippen LogP contribution in [-0.4, -0.2) is 58.9 Å². The van der Waals surface area contributed by atoms with E-state index < -0.39 is 24.0 Å². The predicted molar refractivity (Wildman–Crippen MR) is 150 cm³/mol. The van der Waals surface area contributed by atoms with Gasteiger partial charge in [0.05, 0.1) is 41.7 Å². The molecule has 0 aliphatic heterocycles. The van der Waals surface area contributed by atoms with Crippen LogP contribution < -0.4 is 14.8 Å². The van der Waals surface area contributed by atoms with Crippen molar-refractivity contribution in [3.05, 3.63) is 65.9 Å². The SMILES string of the molecule is COC(=O)c1cc(NC(=O)O[C@H](C)COc2cc3sc(-c4cc(C)cc5nc(OC)cnc45)nc3cc2F)ccn1. The Bertz CT molecular complexity index is 1780. The molecule has 11 nitrogen and oxygen atoms in total. The fraction of sp³-hybridized carbons (Fsp3) is 0.214. The molecule has 13 heteroatoms. The molecule has 1 N–H and O–H groups in total. The highest BCUT2D eigenvalue weighted by Crippen LogP contribution is 2.37. The van der Waals surface area contributed by atoms with Crippen LogP contribution in [0, 0.1) is 12.7 Å². The van der Waals surface area contributed by atoms with Gasteiger partial charge in [0.25, 0.3) is 0 Å². The molecule has 5 aromatic rings. The lowest BCUT2D eigenvalue weighted by atomic mass is 10.1. The Kier molecular flexibility index (Phi) is 7.88. The number of carbonyl (C=O) groups excluding carboxylic acids is 2. The molecule has 0 fully saturated rings. The van der Waals surface area contributed by atoms with Crippen molar-refractivity contribution < 1.29 is 32.9 Å². The Hall–Kier alpha value is -4.91. The molecule has 0 bridgehead atoms. The van der Waals surface area contributed by atoms with Gasteiger partial charge >= 0.3 is 12.1 Å². The number of aryl methyl sites for hydroxylation is 1. The van der Waals surface area contributed by atoms with Crippen molar-refractivity contribution in [2.24, 2.45) is 0 Å². The maximum absolute atomic E-state index is 14.9. The van der Waals surface area contributed by atoms with Gasteiger partial charge in [-0.2, -0.15) is 0 Å². The van der Waals surface area contributed by atoms with Crippen molar-refractivity contribution in [2.45, 2.75) is 20.0 Å². The Morgan fingerprint density at radius 2 is 1.90 bits per heavy atom. The van der Waals surface area contributed by atoms with E-state index in [1.165, 1.54) is 50.0 Å². The molecule has 0 aliphatic rings. The average Bonchev–Trinajstić information content (AvgIpc) is 3.37. The molecule has 1 atom stereocenters. The fourth-order valence-corrected chi connectivity index (χ4v) is 4.95. The van der Waals surface area contributed by atoms with E-state index in [2.05, 4.69) is 30.0 Å². The van der Waals surface area contributed by atoms with Gasteiger partial charge in [0.2, 0.25) is 5.88 Å². The van der Waals surface area contributed by atoms with E-state index in [0.717, 1.165) is 11.1 Å². The summed E-state index contributed by atoms with van der Waals surface area (Å²) in [6.07, 6.45) is 1.39. The van der Waals surface area contributed by atoms with Crippen LogP contribution in [0.4, 0.5) is 14.9 Å². The summed E-state index contributed by atoms with van der Waals surface area (Å²) in [4.78, 5) is 41.4. The van der Waals surface area contributed by atoms with Gasteiger partial charge in [-0.1, -0.05) is 0 Å². The number of anilines is 1. The third kappa shape index (κ3) is 6.14. The van der Waals surface area contributed by atoms with Crippen molar-refractivity contribution in [2.75, 3.05) is 26.1 Å². The average molecular weight is 578 g/mol. The first-order valence-corrected chi connectivity index (χ1v) is 13.1. The minimum absolute atomic E-state index is 0.000889. The first-order valence-electron chi connectivity index (χ1n) is 12.3. The maximum atomic E-state index is 14.9. The van der Waals surface area contributed by atoms with Crippen LogP contribution in [0.15, 0.2) is 48.8 Å². The zero-order valence-corrected chi connectivity index (χ0v) is 23.2. The normalized spacial score (nSPS) is 11.7. The molecule has 2 aromatic carbocycles. The molecule has 3 aromatic heterocycles. The number of aromatic nitrogens is 4. The molecule has 210 valence electrons. The molecule has 0 saturated carbocycles. The second-order valence-corrected chi connectivity index (χ2v) is 9.97. The Morgan fingerprint density at radius 3 is 2.68 bits per heavy atom. The van der Waals surface area contributed by atoms with Crippen molar-refractivity contribution in [1.82, 2.24) is 19.9 Å². The number of nitrogens with one attached hydrogen (secondary N) is 1. The number of ether oxygens (including phenoxy) is 4. The molecule has 0 unspecified atom stereocenters. The van der Waals surface area contributed by atoms with E-state index in [1.807, 2.05) is 19.1 Å². The van der Waals surface area contributed by atoms with Crippen LogP contribution in [-0.2, 0) is 9.47 Å². The lowest BCUT2D eigenvalue weighted by molar-refractivity contribution is 0.0593. The van der Waals surface area contributed by atoms with Crippen LogP contribution in [0.5, 0.6) is 11.6 Å². The van der Waals surface area contributed by atoms with Gasteiger partial charge in [0.15, 0.2) is 11.6 Å². The summed E-state index contributed by atoms with van der Waals surface area (Å²) in [6, 6.07) is 9.58. The van der Waals surface area contributed by atoms with Gasteiger partial charge in [-0.05, 0) is 43.7 Å². The smallest absolute Gasteiger partial charge is 0.412 e. The summed E-state index contributed by atoms with van der Waals surface area (Å²) in [5, 5.41) is 3.16. The topological polar surface area (TPSA) is 135 Å². The van der Waals surface area contributed by atoms with Crippen LogP contribution in [0.1, 0.15) is 23.0 Å². The molecular weight excluding hydrogens is 553 g/mol. The monoisotopic (exact) mass is 577 g/mol. The number of fused-ring (bicyclic) bond motifs is 2. The van der Waals surface area contributed by atoms with Crippen LogP contribution in [0.25, 0.3) is 31.8 Å². The van der Waals surface area contributed by atoms with Crippen LogP contribution in [0.2, 0.25) is 0 Å². The summed E-state index contributed by atoms with van der Waals surface area (Å²) in [5.41, 5.74) is 3.86. The third-order valence-electron chi connectivity index (χ3n) is 5.83. The van der Waals surface area contributed by atoms with Gasteiger partial charge in [-0.3, -0.25) is 5.32 Å². The van der Waals surface area contributed by atoms with E-state index in [9.17, 15) is 14.0 Å². The van der Waals surface area contributed by atoms with Crippen molar-refractivity contribution in [3.8, 4) is 22.2 Å². The number of amides is 1. The van der Waals surface area contributed by atoms with Crippen molar-refractivity contribution >= 4 is 50.3 Å². The number of carbonyl (C=O) groups is 2. The molecule has 1 amide bonds. The highest BCUT2D eigenvalue weighted by atomic mass is 32.1. The highest BCUT2D eigenvalue weighted by molar-refractivity contribution is 7.21. The highest BCUT2D eigenvalue weighted by Gasteiger charge is 2.18. The van der Waals surface area contributed by atoms with E-state index in [1.54, 1.807) is 19.2 Å². The number of rotatable bonds is 8. The fourth-order valence-electron chi connectivity index (χ4n) is 3.96. The number of esters is 1. The Labute approximate surface area is 237 Å². The Balaban J connectivity index is 1.28. The molecule has 0 radical (unpaired) electrons. The maximum Gasteiger partial charge on any atom is 0.412 e. The predicted octanol–water partition coefficient (Wildman–Crippen LogP) is 5.56. The number of hydrogen-bond donors (Lipinski definition) is 1. The van der Waals surface area contributed by atoms with Crippen molar-refractivity contribution in [1.29, 1.82) is 0 Å². The van der Waals surface area contributed by atoms with E-state index in [0.29, 0.717) is 37.8 Å². The summed E-state index contributed by atoms with van der Waals surface area (Å²) in [7, 11) is 2.76. The molecule has 0 aliphatic carbocycles. The first-order chi connectivity index (χ1) is 19.7. The number of hydrogen-bond acceptors (Lipinski definition) is 11. The van der Waals surface area contributed by atoms with Crippen molar-refractivity contribution in [3.63, 3.8) is 0 Å². The zero-order chi connectivity index (χ0) is 29.1. The second-order valence-electron chi connectivity index (χ2n) is 8.94. The van der Waals surface area contributed by atoms with Gasteiger partial charge in [-0.15, -0.1) is 11.3 Å². The van der Waals surface area contributed by atoms with Gasteiger partial charge in [0.1, 0.15) is 23.4 Å². The lowest BCUT2D eigenvalue weighted by Crippen LogP contribution is -2.25. The standard InChI is InChI=1S/C28H24FN5O6S/c1-14-7-17(25-20(8-14)33-24(37-3)12-31-25)26-34-19-10-18(29)22(11-23(19)41-26)39-13-15(2)40-28(36)32-16-5-6-30-21(9-16)27(35)38-4/h5-12,15H,13H2,1-4H3,(H,30,32,36)/t15-/m1/s1. The molecule has 0 saturated heterocycles. The van der Waals surface area contributed by atoms with Crippen LogP contribution in [0.3, 0.4) is 0 Å². The number of benzene rings is 2. The second kappa shape index (κ2) is 11.7. The number of pyridine rings is 1. The molecule has 3 heterocycles. The Morgan fingerprint density at radius 1 is 1.07 bits per heavy atom. The van der Waals surface area contributed by atoms with Gasteiger partial charge in [-0.25, -0.2) is 33.9 Å². The van der Waals surface area contributed by atoms with E-state index >= 15 is 0 Å². The lowest BCUT2D eigenvalue weighted by Gasteiger charge is -2.15. The minimum Gasteiger partial charge on any atom is -0.487 e. The minimum atomic E-state index is -0.780. The number of thiazole rings is 1. The molecule has 0 spiro atoms. The van der Waals surface area contributed by atoms with E-state index in [4.69, 9.17) is 14.2 Å². The number of halogens is 1. The number of nitrogens with zero attached hydrogens (tertiary/aromatic N) is 4. The van der Waals surface area contributed by atoms with Crippen LogP contribution >= 0.6 is 11.3 Å². The summed E-state index contributed by atoms with van der Waals surface area (Å²) in [6.45, 7) is 3.44. The first kappa shape index (κ1) is 27.6. The zero-order valence-electron chi connectivity index (χ0n) is 22.4. The van der Waals surface area contributed by atoms with Gasteiger partial charge < -0.3 is 18.9 Å². The van der Waals surface area contributed by atoms with E-state index in [-0.39, 0.29) is 18.1 Å². The summed E-state index contributed by atoms with van der Waals surface area (Å²) in [5.74, 6) is -0.837. The largest absolute Gasteiger partial charge is 0.487 e.